The molecule has 138 valence electrons. The van der Waals surface area contributed by atoms with Gasteiger partial charge in [0.05, 0.1) is 0 Å². The van der Waals surface area contributed by atoms with Gasteiger partial charge in [-0.05, 0) is 68.7 Å². The number of rotatable bonds is 5. The molecular weight excluding hydrogens is 310 g/mol. The monoisotopic (exact) mass is 343 g/mol. The minimum atomic E-state index is 0.292. The number of hydrogen-bond acceptors (Lipinski definition) is 3. The summed E-state index contributed by atoms with van der Waals surface area (Å²) in [6.45, 7) is 7.86. The van der Waals surface area contributed by atoms with Gasteiger partial charge in [0.2, 0.25) is 5.91 Å². The van der Waals surface area contributed by atoms with E-state index >= 15 is 0 Å². The van der Waals surface area contributed by atoms with Crippen molar-refractivity contribution in [1.82, 2.24) is 9.80 Å². The van der Waals surface area contributed by atoms with Crippen LogP contribution in [0.3, 0.4) is 0 Å². The summed E-state index contributed by atoms with van der Waals surface area (Å²) in [7, 11) is 0. The quantitative estimate of drug-likeness (QED) is 0.836. The highest BCUT2D eigenvalue weighted by Crippen LogP contribution is 2.22. The highest BCUT2D eigenvalue weighted by molar-refractivity contribution is 5.76. The van der Waals surface area contributed by atoms with Gasteiger partial charge in [-0.2, -0.15) is 0 Å². The summed E-state index contributed by atoms with van der Waals surface area (Å²) >= 11 is 0. The number of para-hydroxylation sites is 1. The normalized spacial score (nSPS) is 22.9. The Balaban J connectivity index is 1.45. The molecule has 2 aliphatic rings. The van der Waals surface area contributed by atoms with E-state index in [-0.39, 0.29) is 0 Å². The van der Waals surface area contributed by atoms with Gasteiger partial charge in [-0.15, -0.1) is 0 Å². The summed E-state index contributed by atoms with van der Waals surface area (Å²) in [5, 5.41) is 0. The van der Waals surface area contributed by atoms with Crippen LogP contribution in [-0.4, -0.2) is 48.4 Å². The van der Waals surface area contributed by atoms with Crippen molar-refractivity contribution in [2.75, 3.05) is 38.5 Å². The number of nitrogens with two attached hydrogens (primary N) is 1. The highest BCUT2D eigenvalue weighted by atomic mass is 16.2. The number of carbonyl (C=O) groups is 1. The van der Waals surface area contributed by atoms with E-state index in [2.05, 4.69) is 16.7 Å². The Labute approximate surface area is 152 Å². The Morgan fingerprint density at radius 3 is 2.68 bits per heavy atom. The molecule has 0 spiro atoms. The standard InChI is InChI=1S/C21H33N3O/c1-17-10-13-23(14-11-17)15-18-5-4-12-24(16-18)21(25)9-8-19-6-2-3-7-20(19)22/h2-3,6-7,17-18H,4-5,8-16,22H2,1H3. The zero-order valence-corrected chi connectivity index (χ0v) is 15.6. The molecule has 0 bridgehead atoms. The van der Waals surface area contributed by atoms with Gasteiger partial charge in [0.1, 0.15) is 0 Å². The van der Waals surface area contributed by atoms with Gasteiger partial charge in [0.25, 0.3) is 0 Å². The van der Waals surface area contributed by atoms with Crippen LogP contribution in [-0.2, 0) is 11.2 Å². The molecule has 3 rings (SSSR count). The first-order valence-electron chi connectivity index (χ1n) is 9.95. The fourth-order valence-electron chi connectivity index (χ4n) is 4.21. The van der Waals surface area contributed by atoms with E-state index in [1.54, 1.807) is 0 Å². The van der Waals surface area contributed by atoms with Crippen LogP contribution in [0.25, 0.3) is 0 Å². The molecule has 2 fully saturated rings. The van der Waals surface area contributed by atoms with Crippen LogP contribution >= 0.6 is 0 Å². The molecule has 1 atom stereocenters. The maximum absolute atomic E-state index is 12.6. The Morgan fingerprint density at radius 1 is 1.16 bits per heavy atom. The molecule has 0 radical (unpaired) electrons. The van der Waals surface area contributed by atoms with Gasteiger partial charge in [-0.3, -0.25) is 4.79 Å². The van der Waals surface area contributed by atoms with Crippen molar-refractivity contribution in [3.05, 3.63) is 29.8 Å². The number of likely N-dealkylation sites (tertiary alicyclic amines) is 2. The van der Waals surface area contributed by atoms with E-state index in [4.69, 9.17) is 5.73 Å². The Morgan fingerprint density at radius 2 is 1.92 bits per heavy atom. The number of anilines is 1. The number of nitrogens with zero attached hydrogens (tertiary/aromatic N) is 2. The van der Waals surface area contributed by atoms with Crippen LogP contribution in [0, 0.1) is 11.8 Å². The minimum absolute atomic E-state index is 0.292. The van der Waals surface area contributed by atoms with Crippen molar-refractivity contribution in [2.45, 2.75) is 45.4 Å². The lowest BCUT2D eigenvalue weighted by molar-refractivity contribution is -0.133. The fraction of sp³-hybridized carbons (Fsp3) is 0.667. The Kier molecular flexibility index (Phi) is 6.35. The minimum Gasteiger partial charge on any atom is -0.399 e. The molecule has 1 aromatic carbocycles. The second-order valence-electron chi connectivity index (χ2n) is 8.03. The topological polar surface area (TPSA) is 49.6 Å². The molecule has 1 unspecified atom stereocenters. The average Bonchev–Trinajstić information content (AvgIpc) is 2.63. The zero-order chi connectivity index (χ0) is 17.6. The number of piperidine rings is 2. The number of hydrogen-bond donors (Lipinski definition) is 1. The third-order valence-electron chi connectivity index (χ3n) is 5.93. The molecule has 1 aromatic rings. The number of amides is 1. The molecule has 2 heterocycles. The van der Waals surface area contributed by atoms with Crippen LogP contribution in [0.1, 0.15) is 44.6 Å². The van der Waals surface area contributed by atoms with Crippen molar-refractivity contribution in [1.29, 1.82) is 0 Å². The molecule has 0 aliphatic carbocycles. The van der Waals surface area contributed by atoms with E-state index in [9.17, 15) is 4.79 Å². The van der Waals surface area contributed by atoms with Crippen molar-refractivity contribution < 1.29 is 4.79 Å². The third kappa shape index (κ3) is 5.21. The molecule has 0 aromatic heterocycles. The van der Waals surface area contributed by atoms with Crippen LogP contribution < -0.4 is 5.73 Å². The van der Waals surface area contributed by atoms with Crippen molar-refractivity contribution in [2.24, 2.45) is 11.8 Å². The summed E-state index contributed by atoms with van der Waals surface area (Å²) < 4.78 is 0. The first-order chi connectivity index (χ1) is 12.1. The first kappa shape index (κ1) is 18.2. The SMILES string of the molecule is CC1CCN(CC2CCCN(C(=O)CCc3ccccc3N)C2)CC1. The summed E-state index contributed by atoms with van der Waals surface area (Å²) in [6.07, 6.45) is 6.39. The first-order valence-corrected chi connectivity index (χ1v) is 9.95. The predicted octanol–water partition coefficient (Wildman–Crippen LogP) is 3.17. The van der Waals surface area contributed by atoms with Crippen molar-refractivity contribution >= 4 is 11.6 Å². The van der Waals surface area contributed by atoms with E-state index < -0.39 is 0 Å². The van der Waals surface area contributed by atoms with Crippen molar-refractivity contribution in [3.63, 3.8) is 0 Å². The Hall–Kier alpha value is -1.55. The second-order valence-corrected chi connectivity index (χ2v) is 8.03. The number of aryl methyl sites for hydroxylation is 1. The smallest absolute Gasteiger partial charge is 0.222 e. The number of nitrogen functional groups attached to an aromatic ring is 1. The van der Waals surface area contributed by atoms with Crippen LogP contribution in [0.5, 0.6) is 0 Å². The number of carbonyl (C=O) groups excluding carboxylic acids is 1. The van der Waals surface area contributed by atoms with Gasteiger partial charge in [0, 0.05) is 31.7 Å². The maximum atomic E-state index is 12.6. The van der Waals surface area contributed by atoms with Crippen molar-refractivity contribution in [3.8, 4) is 0 Å². The summed E-state index contributed by atoms with van der Waals surface area (Å²) in [6, 6.07) is 7.87. The van der Waals surface area contributed by atoms with Gasteiger partial charge in [0.15, 0.2) is 0 Å². The van der Waals surface area contributed by atoms with E-state index in [1.807, 2.05) is 24.3 Å². The molecule has 2 aliphatic heterocycles. The molecule has 0 saturated carbocycles. The zero-order valence-electron chi connectivity index (χ0n) is 15.6. The lowest BCUT2D eigenvalue weighted by Crippen LogP contribution is -2.45. The predicted molar refractivity (Wildman–Crippen MR) is 103 cm³/mol. The third-order valence-corrected chi connectivity index (χ3v) is 5.93. The molecular formula is C21H33N3O. The van der Waals surface area contributed by atoms with Gasteiger partial charge in [-0.1, -0.05) is 25.1 Å². The fourth-order valence-corrected chi connectivity index (χ4v) is 4.21. The van der Waals surface area contributed by atoms with E-state index in [1.165, 1.54) is 38.9 Å². The number of benzene rings is 1. The van der Waals surface area contributed by atoms with Gasteiger partial charge < -0.3 is 15.5 Å². The summed E-state index contributed by atoms with van der Waals surface area (Å²) in [5.41, 5.74) is 7.88. The molecule has 2 N–H and O–H groups in total. The van der Waals surface area contributed by atoms with Crippen LogP contribution in [0.2, 0.25) is 0 Å². The van der Waals surface area contributed by atoms with E-state index in [0.717, 1.165) is 43.1 Å². The average molecular weight is 344 g/mol. The van der Waals surface area contributed by atoms with Gasteiger partial charge in [-0.25, -0.2) is 0 Å². The molecule has 4 nitrogen and oxygen atoms in total. The summed E-state index contributed by atoms with van der Waals surface area (Å²) in [5.74, 6) is 1.82. The molecule has 4 heteroatoms. The van der Waals surface area contributed by atoms with E-state index in [0.29, 0.717) is 18.2 Å². The molecule has 25 heavy (non-hydrogen) atoms. The largest absolute Gasteiger partial charge is 0.399 e. The van der Waals surface area contributed by atoms with Crippen LogP contribution in [0.15, 0.2) is 24.3 Å². The maximum Gasteiger partial charge on any atom is 0.222 e. The summed E-state index contributed by atoms with van der Waals surface area (Å²) in [4.78, 5) is 17.3. The highest BCUT2D eigenvalue weighted by Gasteiger charge is 2.26. The lowest BCUT2D eigenvalue weighted by atomic mass is 9.94. The van der Waals surface area contributed by atoms with Gasteiger partial charge >= 0.3 is 0 Å². The Bertz CT molecular complexity index is 566. The van der Waals surface area contributed by atoms with Crippen LogP contribution in [0.4, 0.5) is 5.69 Å². The lowest BCUT2D eigenvalue weighted by Gasteiger charge is -2.38. The second kappa shape index (κ2) is 8.70. The molecule has 2 saturated heterocycles. The molecule has 1 amide bonds.